The highest BCUT2D eigenvalue weighted by molar-refractivity contribution is 6.51. The maximum absolute atomic E-state index is 12.1. The van der Waals surface area contributed by atoms with Crippen LogP contribution in [-0.4, -0.2) is 16.4 Å². The van der Waals surface area contributed by atoms with Gasteiger partial charge in [-0.25, -0.2) is 0 Å². The molecular formula is C15H9ClN4O3. The molecule has 7 nitrogen and oxygen atoms in total. The number of nitriles is 1. The molecule has 0 fully saturated rings. The smallest absolute Gasteiger partial charge is 0.269 e. The van der Waals surface area contributed by atoms with Gasteiger partial charge in [-0.2, -0.15) is 10.4 Å². The number of nitro benzene ring substituents is 1. The van der Waals surface area contributed by atoms with Gasteiger partial charge in [-0.1, -0.05) is 11.6 Å². The van der Waals surface area contributed by atoms with E-state index in [-0.39, 0.29) is 17.0 Å². The first-order chi connectivity index (χ1) is 11.0. The Balaban J connectivity index is 2.15. The van der Waals surface area contributed by atoms with Crippen molar-refractivity contribution >= 4 is 34.5 Å². The van der Waals surface area contributed by atoms with E-state index in [1.165, 1.54) is 48.5 Å². The minimum atomic E-state index is -0.557. The van der Waals surface area contributed by atoms with Crippen LogP contribution in [-0.2, 0) is 0 Å². The van der Waals surface area contributed by atoms with Crippen molar-refractivity contribution in [1.29, 1.82) is 5.26 Å². The van der Waals surface area contributed by atoms with Crippen molar-refractivity contribution in [1.82, 2.24) is 0 Å². The monoisotopic (exact) mass is 328 g/mol. The minimum Gasteiger partial charge on any atom is -0.286 e. The van der Waals surface area contributed by atoms with Crippen molar-refractivity contribution in [3.63, 3.8) is 0 Å². The Morgan fingerprint density at radius 2 is 1.78 bits per heavy atom. The van der Waals surface area contributed by atoms with Crippen molar-refractivity contribution in [2.75, 3.05) is 5.43 Å². The molecule has 23 heavy (non-hydrogen) atoms. The Hall–Kier alpha value is -3.24. The van der Waals surface area contributed by atoms with E-state index in [1.807, 2.05) is 0 Å². The maximum Gasteiger partial charge on any atom is 0.269 e. The summed E-state index contributed by atoms with van der Waals surface area (Å²) in [6.45, 7) is 0. The number of halogens is 1. The number of hydrogen-bond acceptors (Lipinski definition) is 6. The predicted molar refractivity (Wildman–Crippen MR) is 85.5 cm³/mol. The molecule has 2 aromatic rings. The highest BCUT2D eigenvalue weighted by Gasteiger charge is 2.14. The van der Waals surface area contributed by atoms with Gasteiger partial charge in [-0.05, 0) is 36.4 Å². The van der Waals surface area contributed by atoms with Gasteiger partial charge in [-0.3, -0.25) is 20.3 Å². The summed E-state index contributed by atoms with van der Waals surface area (Å²) in [5.41, 5.74) is 2.79. The molecule has 0 aliphatic heterocycles. The average Bonchev–Trinajstić information content (AvgIpc) is 2.56. The van der Waals surface area contributed by atoms with Gasteiger partial charge in [0.25, 0.3) is 5.69 Å². The van der Waals surface area contributed by atoms with Gasteiger partial charge in [0.1, 0.15) is 6.07 Å². The lowest BCUT2D eigenvalue weighted by atomic mass is 10.1. The first kappa shape index (κ1) is 16.1. The molecule has 0 saturated heterocycles. The van der Waals surface area contributed by atoms with Crippen LogP contribution in [0.5, 0.6) is 0 Å². The van der Waals surface area contributed by atoms with Gasteiger partial charge in [0.05, 0.1) is 10.6 Å². The van der Waals surface area contributed by atoms with Crippen LogP contribution in [0.1, 0.15) is 10.4 Å². The van der Waals surface area contributed by atoms with Crippen LogP contribution < -0.4 is 5.43 Å². The molecule has 0 saturated carbocycles. The first-order valence-corrected chi connectivity index (χ1v) is 6.67. The lowest BCUT2D eigenvalue weighted by Crippen LogP contribution is -2.14. The Labute approximate surface area is 136 Å². The molecule has 0 heterocycles. The zero-order valence-corrected chi connectivity index (χ0v) is 12.3. The van der Waals surface area contributed by atoms with Gasteiger partial charge in [0, 0.05) is 22.7 Å². The Kier molecular flexibility index (Phi) is 5.02. The van der Waals surface area contributed by atoms with E-state index in [4.69, 9.17) is 16.9 Å². The van der Waals surface area contributed by atoms with Crippen molar-refractivity contribution in [2.45, 2.75) is 0 Å². The molecule has 2 rings (SSSR count). The summed E-state index contributed by atoms with van der Waals surface area (Å²) in [4.78, 5) is 22.2. The highest BCUT2D eigenvalue weighted by Crippen LogP contribution is 2.15. The number of rotatable bonds is 5. The Bertz CT molecular complexity index is 808. The molecule has 8 heteroatoms. The summed E-state index contributed by atoms with van der Waals surface area (Å²) >= 11 is 5.74. The van der Waals surface area contributed by atoms with Crippen molar-refractivity contribution in [2.24, 2.45) is 5.10 Å². The normalized spacial score (nSPS) is 10.7. The van der Waals surface area contributed by atoms with Crippen LogP contribution in [0.15, 0.2) is 53.6 Å². The van der Waals surface area contributed by atoms with Gasteiger partial charge in [-0.15, -0.1) is 0 Å². The van der Waals surface area contributed by atoms with Crippen molar-refractivity contribution in [3.8, 4) is 6.07 Å². The molecule has 0 bridgehead atoms. The summed E-state index contributed by atoms with van der Waals surface area (Å²) in [5, 5.41) is 23.8. The van der Waals surface area contributed by atoms with E-state index >= 15 is 0 Å². The Morgan fingerprint density at radius 3 is 2.30 bits per heavy atom. The number of anilines is 1. The molecule has 0 amide bonds. The van der Waals surface area contributed by atoms with E-state index in [2.05, 4.69) is 10.5 Å². The summed E-state index contributed by atoms with van der Waals surface area (Å²) in [6, 6.07) is 13.2. The third-order valence-corrected chi connectivity index (χ3v) is 3.05. The van der Waals surface area contributed by atoms with Gasteiger partial charge in [0.2, 0.25) is 11.5 Å². The van der Waals surface area contributed by atoms with Gasteiger partial charge >= 0.3 is 0 Å². The second kappa shape index (κ2) is 7.15. The average molecular weight is 329 g/mol. The number of Topliss-reactive ketones (excluding diaryl/α,β-unsaturated/α-hetero) is 1. The lowest BCUT2D eigenvalue weighted by molar-refractivity contribution is -0.384. The molecule has 1 N–H and O–H groups in total. The lowest BCUT2D eigenvalue weighted by Gasteiger charge is -2.02. The molecule has 0 atom stereocenters. The number of non-ortho nitro benzene ring substituents is 1. The van der Waals surface area contributed by atoms with Crippen LogP contribution in [0.2, 0.25) is 5.02 Å². The molecule has 0 aliphatic carbocycles. The summed E-state index contributed by atoms with van der Waals surface area (Å²) in [7, 11) is 0. The summed E-state index contributed by atoms with van der Waals surface area (Å²) in [6.07, 6.45) is 0. The molecule has 0 radical (unpaired) electrons. The molecule has 114 valence electrons. The molecule has 0 spiro atoms. The number of carbonyl (C=O) groups is 1. The number of nitro groups is 1. The summed E-state index contributed by atoms with van der Waals surface area (Å²) < 4.78 is 0. The standard InChI is InChI=1S/C15H9ClN4O3/c16-11-3-1-10(2-4-11)15(21)14(9-17)19-18-12-5-7-13(8-6-12)20(22)23/h1-8,18H. The number of hydrogen-bond donors (Lipinski definition) is 1. The zero-order valence-electron chi connectivity index (χ0n) is 11.6. The molecule has 0 unspecified atom stereocenters. The van der Waals surface area contributed by atoms with E-state index in [0.717, 1.165) is 0 Å². The first-order valence-electron chi connectivity index (χ1n) is 6.30. The van der Waals surface area contributed by atoms with Crippen molar-refractivity contribution in [3.05, 3.63) is 69.2 Å². The SMILES string of the molecule is N#CC(=NNc1ccc([N+](=O)[O-])cc1)C(=O)c1ccc(Cl)cc1. The van der Waals surface area contributed by atoms with Crippen molar-refractivity contribution < 1.29 is 9.72 Å². The number of benzene rings is 2. The van der Waals surface area contributed by atoms with E-state index < -0.39 is 10.7 Å². The zero-order chi connectivity index (χ0) is 16.8. The quantitative estimate of drug-likeness (QED) is 0.391. The van der Waals surface area contributed by atoms with Crippen LogP contribution in [0.4, 0.5) is 11.4 Å². The van der Waals surface area contributed by atoms with Gasteiger partial charge < -0.3 is 0 Å². The predicted octanol–water partition coefficient (Wildman–Crippen LogP) is 3.42. The van der Waals surface area contributed by atoms with E-state index in [1.54, 1.807) is 6.07 Å². The van der Waals surface area contributed by atoms with Crippen LogP contribution in [0.3, 0.4) is 0 Å². The van der Waals surface area contributed by atoms with Gasteiger partial charge in [0.15, 0.2) is 0 Å². The topological polar surface area (TPSA) is 108 Å². The fourth-order valence-electron chi connectivity index (χ4n) is 1.64. The number of carbonyl (C=O) groups excluding carboxylic acids is 1. The number of nitrogens with zero attached hydrogens (tertiary/aromatic N) is 3. The highest BCUT2D eigenvalue weighted by atomic mass is 35.5. The van der Waals surface area contributed by atoms with Crippen LogP contribution >= 0.6 is 11.6 Å². The fraction of sp³-hybridized carbons (Fsp3) is 0. The molecule has 2 aromatic carbocycles. The maximum atomic E-state index is 12.1. The van der Waals surface area contributed by atoms with E-state index in [9.17, 15) is 14.9 Å². The molecule has 0 aliphatic rings. The minimum absolute atomic E-state index is 0.0720. The van der Waals surface area contributed by atoms with Crippen LogP contribution in [0, 0.1) is 21.4 Å². The van der Waals surface area contributed by atoms with Crippen LogP contribution in [0.25, 0.3) is 0 Å². The largest absolute Gasteiger partial charge is 0.286 e. The molecule has 0 aromatic heterocycles. The third-order valence-electron chi connectivity index (χ3n) is 2.80. The number of hydrazone groups is 1. The molecular weight excluding hydrogens is 320 g/mol. The third kappa shape index (κ3) is 4.12. The number of ketones is 1. The number of nitrogens with one attached hydrogen (secondary N) is 1. The second-order valence-corrected chi connectivity index (χ2v) is 4.76. The van der Waals surface area contributed by atoms with E-state index in [0.29, 0.717) is 10.7 Å². The second-order valence-electron chi connectivity index (χ2n) is 4.32. The Morgan fingerprint density at radius 1 is 1.17 bits per heavy atom. The fourth-order valence-corrected chi connectivity index (χ4v) is 1.77. The summed E-state index contributed by atoms with van der Waals surface area (Å²) in [5.74, 6) is -0.557.